The van der Waals surface area contributed by atoms with Crippen molar-refractivity contribution >= 4 is 11.6 Å². The molecule has 0 aliphatic rings. The van der Waals surface area contributed by atoms with E-state index in [9.17, 15) is 14.9 Å². The second-order valence-corrected chi connectivity index (χ2v) is 4.64. The van der Waals surface area contributed by atoms with Gasteiger partial charge >= 0.3 is 0 Å². The van der Waals surface area contributed by atoms with Gasteiger partial charge in [-0.3, -0.25) is 20.3 Å². The maximum absolute atomic E-state index is 11.7. The van der Waals surface area contributed by atoms with E-state index in [2.05, 4.69) is 10.9 Å². The minimum absolute atomic E-state index is 0.103. The molecule has 0 aliphatic heterocycles. The Hall–Kier alpha value is -1.95. The smallest absolute Gasteiger partial charge is 0.270 e. The van der Waals surface area contributed by atoms with E-state index in [-0.39, 0.29) is 16.8 Å². The van der Waals surface area contributed by atoms with Gasteiger partial charge in [-0.05, 0) is 26.8 Å². The predicted octanol–water partition coefficient (Wildman–Crippen LogP) is 1.63. The lowest BCUT2D eigenvalue weighted by Gasteiger charge is -2.20. The van der Waals surface area contributed by atoms with Crippen molar-refractivity contribution in [3.05, 3.63) is 39.9 Å². The van der Waals surface area contributed by atoms with Crippen LogP contribution in [0.15, 0.2) is 24.3 Å². The van der Waals surface area contributed by atoms with Crippen molar-refractivity contribution in [2.75, 3.05) is 0 Å². The van der Waals surface area contributed by atoms with Gasteiger partial charge in [0.1, 0.15) is 0 Å². The molecule has 0 aliphatic carbocycles. The molecule has 0 spiro atoms. The molecule has 6 heteroatoms. The zero-order valence-corrected chi connectivity index (χ0v) is 9.98. The molecule has 1 aromatic carbocycles. The fourth-order valence-corrected chi connectivity index (χ4v) is 1.08. The van der Waals surface area contributed by atoms with Gasteiger partial charge in [-0.1, -0.05) is 6.07 Å². The third-order valence-electron chi connectivity index (χ3n) is 1.87. The number of carbonyl (C=O) groups is 1. The molecule has 0 heterocycles. The van der Waals surface area contributed by atoms with Crippen LogP contribution < -0.4 is 10.9 Å². The summed E-state index contributed by atoms with van der Waals surface area (Å²) in [6, 6.07) is 5.57. The first-order chi connectivity index (χ1) is 7.79. The summed E-state index contributed by atoms with van der Waals surface area (Å²) in [4.78, 5) is 21.7. The molecule has 1 rings (SSSR count). The summed E-state index contributed by atoms with van der Waals surface area (Å²) in [7, 11) is 0. The van der Waals surface area contributed by atoms with E-state index >= 15 is 0 Å². The molecular formula is C11H15N3O3. The minimum Gasteiger partial charge on any atom is -0.287 e. The summed E-state index contributed by atoms with van der Waals surface area (Å²) in [5.41, 5.74) is 5.17. The van der Waals surface area contributed by atoms with Crippen molar-refractivity contribution in [2.45, 2.75) is 26.3 Å². The van der Waals surface area contributed by atoms with E-state index in [1.54, 1.807) is 0 Å². The van der Waals surface area contributed by atoms with Crippen LogP contribution in [0, 0.1) is 10.1 Å². The number of hydrazine groups is 1. The maximum Gasteiger partial charge on any atom is 0.270 e. The average Bonchev–Trinajstić information content (AvgIpc) is 2.25. The highest BCUT2D eigenvalue weighted by molar-refractivity contribution is 5.94. The molecule has 2 N–H and O–H groups in total. The monoisotopic (exact) mass is 237 g/mol. The van der Waals surface area contributed by atoms with Gasteiger partial charge in [0.25, 0.3) is 11.6 Å². The van der Waals surface area contributed by atoms with Gasteiger partial charge < -0.3 is 0 Å². The van der Waals surface area contributed by atoms with Crippen molar-refractivity contribution in [1.29, 1.82) is 0 Å². The van der Waals surface area contributed by atoms with Crippen LogP contribution in [0.5, 0.6) is 0 Å². The Morgan fingerprint density at radius 1 is 1.35 bits per heavy atom. The van der Waals surface area contributed by atoms with E-state index in [0.717, 1.165) is 0 Å². The number of nitrogens with zero attached hydrogens (tertiary/aromatic N) is 1. The third kappa shape index (κ3) is 4.20. The largest absolute Gasteiger partial charge is 0.287 e. The fourth-order valence-electron chi connectivity index (χ4n) is 1.08. The van der Waals surface area contributed by atoms with Gasteiger partial charge in [0.2, 0.25) is 0 Å². The summed E-state index contributed by atoms with van der Waals surface area (Å²) in [6.45, 7) is 5.67. The van der Waals surface area contributed by atoms with Crippen molar-refractivity contribution in [2.24, 2.45) is 0 Å². The van der Waals surface area contributed by atoms with Crippen LogP contribution in [0.3, 0.4) is 0 Å². The van der Waals surface area contributed by atoms with Crippen LogP contribution in [0.1, 0.15) is 31.1 Å². The zero-order chi connectivity index (χ0) is 13.1. The first-order valence-electron chi connectivity index (χ1n) is 5.11. The van der Waals surface area contributed by atoms with Crippen LogP contribution in [0.25, 0.3) is 0 Å². The van der Waals surface area contributed by atoms with E-state index in [0.29, 0.717) is 0 Å². The van der Waals surface area contributed by atoms with Crippen LogP contribution in [-0.2, 0) is 0 Å². The molecule has 6 nitrogen and oxygen atoms in total. The second kappa shape index (κ2) is 4.92. The number of nitrogens with one attached hydrogen (secondary N) is 2. The highest BCUT2D eigenvalue weighted by Gasteiger charge is 2.14. The quantitative estimate of drug-likeness (QED) is 0.618. The molecule has 0 atom stereocenters. The number of rotatable bonds is 3. The van der Waals surface area contributed by atoms with Gasteiger partial charge in [-0.25, -0.2) is 5.43 Å². The Kier molecular flexibility index (Phi) is 3.80. The molecule has 0 bridgehead atoms. The lowest BCUT2D eigenvalue weighted by Crippen LogP contribution is -2.48. The summed E-state index contributed by atoms with van der Waals surface area (Å²) in [6.07, 6.45) is 0. The Balaban J connectivity index is 2.76. The maximum atomic E-state index is 11.7. The minimum atomic E-state index is -0.534. The van der Waals surface area contributed by atoms with Crippen molar-refractivity contribution in [3.8, 4) is 0 Å². The number of nitro groups is 1. The van der Waals surface area contributed by atoms with E-state index in [4.69, 9.17) is 0 Å². The molecule has 92 valence electrons. The average molecular weight is 237 g/mol. The van der Waals surface area contributed by atoms with Gasteiger partial charge in [0, 0.05) is 23.2 Å². The van der Waals surface area contributed by atoms with Crippen molar-refractivity contribution in [3.63, 3.8) is 0 Å². The molecular weight excluding hydrogens is 222 g/mol. The predicted molar refractivity (Wildman–Crippen MR) is 63.5 cm³/mol. The van der Waals surface area contributed by atoms with Crippen molar-refractivity contribution < 1.29 is 9.72 Å². The SMILES string of the molecule is CC(C)(C)NNC(=O)c1cccc([N+](=O)[O-])c1. The van der Waals surface area contributed by atoms with Gasteiger partial charge in [0.15, 0.2) is 0 Å². The molecule has 17 heavy (non-hydrogen) atoms. The van der Waals surface area contributed by atoms with E-state index in [1.165, 1.54) is 24.3 Å². The number of amides is 1. The van der Waals surface area contributed by atoms with Gasteiger partial charge in [-0.15, -0.1) is 0 Å². The van der Waals surface area contributed by atoms with Gasteiger partial charge in [-0.2, -0.15) is 0 Å². The Morgan fingerprint density at radius 3 is 2.53 bits per heavy atom. The third-order valence-corrected chi connectivity index (χ3v) is 1.87. The first kappa shape index (κ1) is 13.1. The number of non-ortho nitro benzene ring substituents is 1. The summed E-state index contributed by atoms with van der Waals surface area (Å²) < 4.78 is 0. The second-order valence-electron chi connectivity index (χ2n) is 4.64. The highest BCUT2D eigenvalue weighted by atomic mass is 16.6. The van der Waals surface area contributed by atoms with E-state index in [1.807, 2.05) is 20.8 Å². The molecule has 1 aromatic rings. The van der Waals surface area contributed by atoms with E-state index < -0.39 is 10.8 Å². The number of hydrogen-bond donors (Lipinski definition) is 2. The molecule has 0 aromatic heterocycles. The summed E-state index contributed by atoms with van der Waals surface area (Å²) in [5.74, 6) is -0.399. The zero-order valence-electron chi connectivity index (χ0n) is 9.98. The molecule has 0 radical (unpaired) electrons. The molecule has 0 fully saturated rings. The van der Waals surface area contributed by atoms with Crippen molar-refractivity contribution in [1.82, 2.24) is 10.9 Å². The Morgan fingerprint density at radius 2 is 2.00 bits per heavy atom. The summed E-state index contributed by atoms with van der Waals surface area (Å²) >= 11 is 0. The van der Waals surface area contributed by atoms with Crippen LogP contribution >= 0.6 is 0 Å². The van der Waals surface area contributed by atoms with Crippen LogP contribution in [0.4, 0.5) is 5.69 Å². The van der Waals surface area contributed by atoms with Gasteiger partial charge in [0.05, 0.1) is 4.92 Å². The standard InChI is InChI=1S/C11H15N3O3/c1-11(2,3)13-12-10(15)8-5-4-6-9(7-8)14(16)17/h4-7,13H,1-3H3,(H,12,15). The topological polar surface area (TPSA) is 84.3 Å². The number of nitro benzene ring substituents is 1. The molecule has 0 saturated carbocycles. The number of benzene rings is 1. The molecule has 0 saturated heterocycles. The first-order valence-corrected chi connectivity index (χ1v) is 5.11. The molecule has 1 amide bonds. The summed E-state index contributed by atoms with van der Waals surface area (Å²) in [5, 5.41) is 10.6. The van der Waals surface area contributed by atoms with Crippen LogP contribution in [-0.4, -0.2) is 16.4 Å². The number of hydrogen-bond acceptors (Lipinski definition) is 4. The lowest BCUT2D eigenvalue weighted by molar-refractivity contribution is -0.384. The van der Waals surface area contributed by atoms with Crippen LogP contribution in [0.2, 0.25) is 0 Å². The Labute approximate surface area is 99.1 Å². The Bertz CT molecular complexity index is 438. The molecule has 0 unspecified atom stereocenters. The normalized spacial score (nSPS) is 11.0. The fraction of sp³-hybridized carbons (Fsp3) is 0.364. The number of carbonyl (C=O) groups excluding carboxylic acids is 1. The highest BCUT2D eigenvalue weighted by Crippen LogP contribution is 2.12. The lowest BCUT2D eigenvalue weighted by atomic mass is 10.1.